The van der Waals surface area contributed by atoms with E-state index >= 15 is 0 Å². The van der Waals surface area contributed by atoms with Crippen LogP contribution in [-0.2, 0) is 0 Å². The zero-order chi connectivity index (χ0) is 23.0. The topological polar surface area (TPSA) is 82.7 Å². The molecule has 0 bridgehead atoms. The maximum atomic E-state index is 12.3. The van der Waals surface area contributed by atoms with Crippen LogP contribution >= 0.6 is 0 Å². The minimum Gasteiger partial charge on any atom is -0.406 e. The van der Waals surface area contributed by atoms with Crippen LogP contribution in [0.1, 0.15) is 29.6 Å². The van der Waals surface area contributed by atoms with Crippen molar-refractivity contribution in [1.29, 1.82) is 0 Å². The summed E-state index contributed by atoms with van der Waals surface area (Å²) in [5.41, 5.74) is 1.24. The molecule has 0 aromatic heterocycles. The maximum absolute atomic E-state index is 12.3. The van der Waals surface area contributed by atoms with Crippen molar-refractivity contribution < 1.29 is 27.5 Å². The smallest absolute Gasteiger partial charge is 0.406 e. The van der Waals surface area contributed by atoms with E-state index in [0.717, 1.165) is 31.8 Å². The standard InChI is InChI=1S/C22H25F3N4O3/c23-22(24,25)32-19-10-8-18(9-11-19)28-21(31)27-17-6-4-16(5-7-17)20(30)26-12-15-29-13-2-1-3-14-29/h4-11H,1-3,12-15H2,(H,26,30)(H2,27,28,31). The van der Waals surface area contributed by atoms with E-state index in [-0.39, 0.29) is 11.7 Å². The van der Waals surface area contributed by atoms with Crippen molar-refractivity contribution in [2.75, 3.05) is 36.8 Å². The number of carbonyl (C=O) groups is 2. The summed E-state index contributed by atoms with van der Waals surface area (Å²) < 4.78 is 40.3. The summed E-state index contributed by atoms with van der Waals surface area (Å²) >= 11 is 0. The summed E-state index contributed by atoms with van der Waals surface area (Å²) in [4.78, 5) is 26.7. The van der Waals surface area contributed by atoms with Gasteiger partial charge in [-0.05, 0) is 74.5 Å². The number of hydrogen-bond donors (Lipinski definition) is 3. The molecule has 3 amide bonds. The minimum atomic E-state index is -4.78. The normalized spacial score (nSPS) is 14.5. The number of nitrogens with zero attached hydrogens (tertiary/aromatic N) is 1. The van der Waals surface area contributed by atoms with Gasteiger partial charge in [0, 0.05) is 30.0 Å². The van der Waals surface area contributed by atoms with Gasteiger partial charge in [0.25, 0.3) is 5.91 Å². The fourth-order valence-corrected chi connectivity index (χ4v) is 3.35. The van der Waals surface area contributed by atoms with Gasteiger partial charge in [-0.1, -0.05) is 6.42 Å². The Morgan fingerprint density at radius 3 is 2.00 bits per heavy atom. The maximum Gasteiger partial charge on any atom is 0.573 e. The van der Waals surface area contributed by atoms with Crippen molar-refractivity contribution in [2.45, 2.75) is 25.6 Å². The first kappa shape index (κ1) is 23.4. The third-order valence-electron chi connectivity index (χ3n) is 4.91. The van der Waals surface area contributed by atoms with Gasteiger partial charge in [-0.25, -0.2) is 4.79 Å². The number of anilines is 2. The Balaban J connectivity index is 1.43. The molecule has 2 aromatic rings. The van der Waals surface area contributed by atoms with Crippen LogP contribution in [0, 0.1) is 0 Å². The first-order valence-electron chi connectivity index (χ1n) is 10.3. The Morgan fingerprint density at radius 1 is 0.875 bits per heavy atom. The van der Waals surface area contributed by atoms with E-state index in [9.17, 15) is 22.8 Å². The highest BCUT2D eigenvalue weighted by Crippen LogP contribution is 2.24. The number of rotatable bonds is 7. The Morgan fingerprint density at radius 2 is 1.44 bits per heavy atom. The van der Waals surface area contributed by atoms with Crippen molar-refractivity contribution in [2.24, 2.45) is 0 Å². The minimum absolute atomic E-state index is 0.181. The van der Waals surface area contributed by atoms with Crippen LogP contribution in [0.4, 0.5) is 29.3 Å². The van der Waals surface area contributed by atoms with E-state index in [1.807, 2.05) is 0 Å². The fourth-order valence-electron chi connectivity index (χ4n) is 3.35. The molecule has 1 heterocycles. The number of halogens is 3. The molecule has 7 nitrogen and oxygen atoms in total. The van der Waals surface area contributed by atoms with E-state index in [1.165, 1.54) is 31.4 Å². The predicted octanol–water partition coefficient (Wildman–Crippen LogP) is 4.44. The van der Waals surface area contributed by atoms with Crippen LogP contribution in [0.2, 0.25) is 0 Å². The Labute approximate surface area is 183 Å². The van der Waals surface area contributed by atoms with E-state index in [4.69, 9.17) is 0 Å². The van der Waals surface area contributed by atoms with Gasteiger partial charge < -0.3 is 25.6 Å². The largest absolute Gasteiger partial charge is 0.573 e. The molecule has 1 aliphatic rings. The molecule has 0 radical (unpaired) electrons. The molecule has 0 saturated carbocycles. The van der Waals surface area contributed by atoms with E-state index in [1.54, 1.807) is 24.3 Å². The number of carbonyl (C=O) groups excluding carboxylic acids is 2. The highest BCUT2D eigenvalue weighted by atomic mass is 19.4. The van der Waals surface area contributed by atoms with Crippen LogP contribution in [0.25, 0.3) is 0 Å². The predicted molar refractivity (Wildman–Crippen MR) is 115 cm³/mol. The fraction of sp³-hybridized carbons (Fsp3) is 0.364. The van der Waals surface area contributed by atoms with Gasteiger partial charge in [0.1, 0.15) is 5.75 Å². The monoisotopic (exact) mass is 450 g/mol. The van der Waals surface area contributed by atoms with Gasteiger partial charge in [0.2, 0.25) is 0 Å². The lowest BCUT2D eigenvalue weighted by Crippen LogP contribution is -2.37. The molecule has 1 fully saturated rings. The summed E-state index contributed by atoms with van der Waals surface area (Å²) in [6.07, 6.45) is -1.10. The number of benzene rings is 2. The number of piperidine rings is 1. The summed E-state index contributed by atoms with van der Waals surface area (Å²) in [6, 6.07) is 10.6. The lowest BCUT2D eigenvalue weighted by atomic mass is 10.1. The number of urea groups is 1. The molecule has 0 unspecified atom stereocenters. The van der Waals surface area contributed by atoms with E-state index in [0.29, 0.717) is 23.5 Å². The zero-order valence-corrected chi connectivity index (χ0v) is 17.4. The van der Waals surface area contributed by atoms with Crippen LogP contribution in [0.15, 0.2) is 48.5 Å². The van der Waals surface area contributed by atoms with Crippen molar-refractivity contribution in [1.82, 2.24) is 10.2 Å². The molecule has 172 valence electrons. The Hall–Kier alpha value is -3.27. The van der Waals surface area contributed by atoms with Crippen LogP contribution in [0.5, 0.6) is 5.75 Å². The lowest BCUT2D eigenvalue weighted by Gasteiger charge is -2.26. The molecule has 3 N–H and O–H groups in total. The van der Waals surface area contributed by atoms with Crippen molar-refractivity contribution in [3.05, 3.63) is 54.1 Å². The third-order valence-corrected chi connectivity index (χ3v) is 4.91. The molecule has 0 aliphatic carbocycles. The lowest BCUT2D eigenvalue weighted by molar-refractivity contribution is -0.274. The van der Waals surface area contributed by atoms with Crippen LogP contribution in [-0.4, -0.2) is 49.4 Å². The Bertz CT molecular complexity index is 896. The van der Waals surface area contributed by atoms with Gasteiger partial charge in [0.15, 0.2) is 0 Å². The zero-order valence-electron chi connectivity index (χ0n) is 17.4. The van der Waals surface area contributed by atoms with Gasteiger partial charge in [-0.3, -0.25) is 4.79 Å². The van der Waals surface area contributed by atoms with Gasteiger partial charge in [-0.15, -0.1) is 13.2 Å². The summed E-state index contributed by atoms with van der Waals surface area (Å²) in [7, 11) is 0. The molecule has 3 rings (SSSR count). The summed E-state index contributed by atoms with van der Waals surface area (Å²) in [5, 5.41) is 8.00. The number of alkyl halides is 3. The molecule has 0 spiro atoms. The first-order valence-corrected chi connectivity index (χ1v) is 10.3. The van der Waals surface area contributed by atoms with Gasteiger partial charge in [0.05, 0.1) is 0 Å². The number of hydrogen-bond acceptors (Lipinski definition) is 4. The summed E-state index contributed by atoms with van der Waals surface area (Å²) in [5.74, 6) is -0.563. The highest BCUT2D eigenvalue weighted by Gasteiger charge is 2.30. The van der Waals surface area contributed by atoms with Crippen molar-refractivity contribution >= 4 is 23.3 Å². The Kier molecular flexibility index (Phi) is 7.93. The number of ether oxygens (including phenoxy) is 1. The molecule has 32 heavy (non-hydrogen) atoms. The van der Waals surface area contributed by atoms with E-state index < -0.39 is 12.4 Å². The molecular formula is C22H25F3N4O3. The second-order valence-electron chi connectivity index (χ2n) is 7.39. The molecule has 1 saturated heterocycles. The molecular weight excluding hydrogens is 425 g/mol. The highest BCUT2D eigenvalue weighted by molar-refractivity contribution is 6.00. The average molecular weight is 450 g/mol. The average Bonchev–Trinajstić information content (AvgIpc) is 2.75. The van der Waals surface area contributed by atoms with Crippen molar-refractivity contribution in [3.63, 3.8) is 0 Å². The molecule has 2 aromatic carbocycles. The SMILES string of the molecule is O=C(Nc1ccc(OC(F)(F)F)cc1)Nc1ccc(C(=O)NCCN2CCCCC2)cc1. The van der Waals surface area contributed by atoms with E-state index in [2.05, 4.69) is 25.6 Å². The molecule has 1 aliphatic heterocycles. The van der Waals surface area contributed by atoms with Crippen molar-refractivity contribution in [3.8, 4) is 5.75 Å². The number of amides is 3. The summed E-state index contributed by atoms with van der Waals surface area (Å²) in [6.45, 7) is 3.55. The van der Waals surface area contributed by atoms with Gasteiger partial charge >= 0.3 is 12.4 Å². The van der Waals surface area contributed by atoms with Crippen LogP contribution < -0.4 is 20.7 Å². The third kappa shape index (κ3) is 7.77. The van der Waals surface area contributed by atoms with Crippen LogP contribution in [0.3, 0.4) is 0 Å². The second kappa shape index (κ2) is 10.9. The number of nitrogens with one attached hydrogen (secondary N) is 3. The molecule has 0 atom stereocenters. The quantitative estimate of drug-likeness (QED) is 0.582. The second-order valence-corrected chi connectivity index (χ2v) is 7.39. The van der Waals surface area contributed by atoms with Gasteiger partial charge in [-0.2, -0.15) is 0 Å². The first-order chi connectivity index (χ1) is 15.3. The molecule has 10 heteroatoms. The number of likely N-dealkylation sites (tertiary alicyclic amines) is 1.